The minimum absolute atomic E-state index is 0.0425. The third-order valence-electron chi connectivity index (χ3n) is 3.40. The summed E-state index contributed by atoms with van der Waals surface area (Å²) in [5.74, 6) is 0. The molecule has 0 saturated heterocycles. The van der Waals surface area contributed by atoms with Crippen LogP contribution < -0.4 is 10.0 Å². The zero-order chi connectivity index (χ0) is 19.5. The van der Waals surface area contributed by atoms with Crippen molar-refractivity contribution in [3.05, 3.63) is 41.7 Å². The number of sulfonamides is 2. The number of rotatable bonds is 7. The fourth-order valence-electron chi connectivity index (χ4n) is 2.10. The van der Waals surface area contributed by atoms with E-state index in [2.05, 4.69) is 15.0 Å². The average Bonchev–Trinajstić information content (AvgIpc) is 2.56. The maximum Gasteiger partial charge on any atom is 0.265 e. The molecule has 0 saturated carbocycles. The van der Waals surface area contributed by atoms with Crippen molar-refractivity contribution >= 4 is 43.0 Å². The lowest BCUT2D eigenvalue weighted by molar-refractivity contribution is 0.521. The Morgan fingerprint density at radius 1 is 1.12 bits per heavy atom. The standard InChI is InChI=1S/C15H19ClN4O4S2/c1-4-17-12-8-7-11(26(23,24)20(2)3)10-13(12)19-25(21,22)14-6-5-9-18-15(14)16/h5-10,17,19H,4H2,1-3H3. The van der Waals surface area contributed by atoms with Crippen LogP contribution in [0.25, 0.3) is 0 Å². The maximum atomic E-state index is 12.7. The van der Waals surface area contributed by atoms with Crippen molar-refractivity contribution in [3.63, 3.8) is 0 Å². The summed E-state index contributed by atoms with van der Waals surface area (Å²) in [6, 6.07) is 6.92. The molecule has 0 radical (unpaired) electrons. The van der Waals surface area contributed by atoms with Gasteiger partial charge in [0.15, 0.2) is 0 Å². The summed E-state index contributed by atoms with van der Waals surface area (Å²) in [6.07, 6.45) is 1.37. The second-order valence-corrected chi connectivity index (χ2v) is 9.58. The van der Waals surface area contributed by atoms with Gasteiger partial charge in [-0.15, -0.1) is 0 Å². The number of nitrogens with one attached hydrogen (secondary N) is 2. The van der Waals surface area contributed by atoms with Crippen molar-refractivity contribution in [1.82, 2.24) is 9.29 Å². The summed E-state index contributed by atoms with van der Waals surface area (Å²) >= 11 is 5.87. The predicted octanol–water partition coefficient (Wildman–Crippen LogP) is 2.22. The van der Waals surface area contributed by atoms with Crippen LogP contribution in [-0.4, -0.2) is 46.8 Å². The molecule has 142 valence electrons. The zero-order valence-corrected chi connectivity index (χ0v) is 16.8. The first kappa shape index (κ1) is 20.4. The SMILES string of the molecule is CCNc1ccc(S(=O)(=O)N(C)C)cc1NS(=O)(=O)c1cccnc1Cl. The maximum absolute atomic E-state index is 12.7. The van der Waals surface area contributed by atoms with Crippen molar-refractivity contribution < 1.29 is 16.8 Å². The van der Waals surface area contributed by atoms with E-state index in [1.54, 1.807) is 0 Å². The summed E-state index contributed by atoms with van der Waals surface area (Å²) in [7, 11) is -5.00. The molecule has 11 heteroatoms. The largest absolute Gasteiger partial charge is 0.384 e. The monoisotopic (exact) mass is 418 g/mol. The Morgan fingerprint density at radius 3 is 2.38 bits per heavy atom. The molecule has 2 N–H and O–H groups in total. The van der Waals surface area contributed by atoms with E-state index in [4.69, 9.17) is 11.6 Å². The van der Waals surface area contributed by atoms with Gasteiger partial charge in [0.1, 0.15) is 10.0 Å². The van der Waals surface area contributed by atoms with Crippen LogP contribution in [-0.2, 0) is 20.0 Å². The van der Waals surface area contributed by atoms with Crippen LogP contribution in [0.5, 0.6) is 0 Å². The summed E-state index contributed by atoms with van der Waals surface area (Å²) in [5.41, 5.74) is 0.531. The van der Waals surface area contributed by atoms with Gasteiger partial charge in [0.2, 0.25) is 10.0 Å². The summed E-state index contributed by atoms with van der Waals surface area (Å²) in [6.45, 7) is 2.35. The predicted molar refractivity (Wildman–Crippen MR) is 102 cm³/mol. The van der Waals surface area contributed by atoms with E-state index in [9.17, 15) is 16.8 Å². The van der Waals surface area contributed by atoms with E-state index in [0.717, 1.165) is 4.31 Å². The van der Waals surface area contributed by atoms with Crippen molar-refractivity contribution in [2.75, 3.05) is 30.7 Å². The van der Waals surface area contributed by atoms with E-state index in [-0.39, 0.29) is 20.6 Å². The van der Waals surface area contributed by atoms with Crippen molar-refractivity contribution in [1.29, 1.82) is 0 Å². The number of aromatic nitrogens is 1. The minimum Gasteiger partial charge on any atom is -0.384 e. The molecule has 1 heterocycles. The molecule has 0 atom stereocenters. The number of anilines is 2. The summed E-state index contributed by atoms with van der Waals surface area (Å²) in [5, 5.41) is 2.81. The van der Waals surface area contributed by atoms with E-state index in [0.29, 0.717) is 12.2 Å². The normalized spacial score (nSPS) is 12.2. The van der Waals surface area contributed by atoms with Crippen LogP contribution in [0.2, 0.25) is 5.15 Å². The number of benzene rings is 1. The molecule has 0 spiro atoms. The summed E-state index contributed by atoms with van der Waals surface area (Å²) < 4.78 is 53.4. The van der Waals surface area contributed by atoms with E-state index in [1.165, 1.54) is 50.6 Å². The highest BCUT2D eigenvalue weighted by Gasteiger charge is 2.23. The molecule has 2 rings (SSSR count). The van der Waals surface area contributed by atoms with Gasteiger partial charge < -0.3 is 5.32 Å². The van der Waals surface area contributed by atoms with E-state index in [1.807, 2.05) is 6.92 Å². The zero-order valence-electron chi connectivity index (χ0n) is 14.4. The first-order valence-electron chi connectivity index (χ1n) is 7.53. The van der Waals surface area contributed by atoms with Gasteiger partial charge in [-0.3, -0.25) is 4.72 Å². The highest BCUT2D eigenvalue weighted by Crippen LogP contribution is 2.30. The Kier molecular flexibility index (Phi) is 6.12. The molecule has 2 aromatic rings. The fraction of sp³-hybridized carbons (Fsp3) is 0.267. The Bertz CT molecular complexity index is 1010. The van der Waals surface area contributed by atoms with Gasteiger partial charge >= 0.3 is 0 Å². The van der Waals surface area contributed by atoms with Gasteiger partial charge in [-0.2, -0.15) is 0 Å². The first-order valence-corrected chi connectivity index (χ1v) is 10.8. The second kappa shape index (κ2) is 7.78. The molecule has 0 amide bonds. The summed E-state index contributed by atoms with van der Waals surface area (Å²) in [4.78, 5) is 3.51. The molecule has 0 aliphatic heterocycles. The van der Waals surface area contributed by atoms with Gasteiger partial charge in [0.25, 0.3) is 10.0 Å². The Morgan fingerprint density at radius 2 is 1.81 bits per heavy atom. The quantitative estimate of drug-likeness (QED) is 0.667. The minimum atomic E-state index is -4.06. The number of halogens is 1. The fourth-order valence-corrected chi connectivity index (χ4v) is 4.55. The average molecular weight is 419 g/mol. The van der Waals surface area contributed by atoms with Gasteiger partial charge in [0.05, 0.1) is 16.3 Å². The lowest BCUT2D eigenvalue weighted by Crippen LogP contribution is -2.23. The van der Waals surface area contributed by atoms with E-state index < -0.39 is 20.0 Å². The molecule has 1 aromatic carbocycles. The molecule has 0 fully saturated rings. The van der Waals surface area contributed by atoms with Crippen LogP contribution in [0.1, 0.15) is 6.92 Å². The Balaban J connectivity index is 2.55. The number of pyridine rings is 1. The highest BCUT2D eigenvalue weighted by atomic mass is 35.5. The smallest absolute Gasteiger partial charge is 0.265 e. The second-order valence-electron chi connectivity index (χ2n) is 5.42. The molecular weight excluding hydrogens is 400 g/mol. The molecule has 0 bridgehead atoms. The molecule has 8 nitrogen and oxygen atoms in total. The molecule has 1 aromatic heterocycles. The lowest BCUT2D eigenvalue weighted by atomic mass is 10.2. The number of nitrogens with zero attached hydrogens (tertiary/aromatic N) is 2. The molecule has 0 aliphatic carbocycles. The Hall–Kier alpha value is -1.88. The molecule has 26 heavy (non-hydrogen) atoms. The Labute approximate surface area is 158 Å². The topological polar surface area (TPSA) is 108 Å². The van der Waals surface area contributed by atoms with Gasteiger partial charge in [0, 0.05) is 26.8 Å². The first-order chi connectivity index (χ1) is 12.1. The van der Waals surface area contributed by atoms with Crippen LogP contribution >= 0.6 is 11.6 Å². The van der Waals surface area contributed by atoms with Crippen molar-refractivity contribution in [2.45, 2.75) is 16.7 Å². The van der Waals surface area contributed by atoms with Gasteiger partial charge in [-0.05, 0) is 37.3 Å². The van der Waals surface area contributed by atoms with Crippen LogP contribution in [0, 0.1) is 0 Å². The molecule has 0 unspecified atom stereocenters. The van der Waals surface area contributed by atoms with Crippen LogP contribution in [0.4, 0.5) is 11.4 Å². The number of hydrogen-bond acceptors (Lipinski definition) is 6. The van der Waals surface area contributed by atoms with Gasteiger partial charge in [-0.1, -0.05) is 11.6 Å². The third kappa shape index (κ3) is 4.26. The van der Waals surface area contributed by atoms with Crippen molar-refractivity contribution in [3.8, 4) is 0 Å². The highest BCUT2D eigenvalue weighted by molar-refractivity contribution is 7.93. The van der Waals surface area contributed by atoms with E-state index >= 15 is 0 Å². The molecule has 0 aliphatic rings. The number of hydrogen-bond donors (Lipinski definition) is 2. The molecular formula is C15H19ClN4O4S2. The third-order valence-corrected chi connectivity index (χ3v) is 7.02. The van der Waals surface area contributed by atoms with Crippen LogP contribution in [0.15, 0.2) is 46.3 Å². The lowest BCUT2D eigenvalue weighted by Gasteiger charge is -2.17. The van der Waals surface area contributed by atoms with Crippen LogP contribution in [0.3, 0.4) is 0 Å². The van der Waals surface area contributed by atoms with Gasteiger partial charge in [-0.25, -0.2) is 26.1 Å². The van der Waals surface area contributed by atoms with Crippen molar-refractivity contribution in [2.24, 2.45) is 0 Å².